The van der Waals surface area contributed by atoms with Crippen molar-refractivity contribution in [2.24, 2.45) is 0 Å². The van der Waals surface area contributed by atoms with Gasteiger partial charge in [0.05, 0.1) is 16.9 Å². The van der Waals surface area contributed by atoms with E-state index in [0.717, 1.165) is 12.1 Å². The molecule has 0 unspecified atom stereocenters. The van der Waals surface area contributed by atoms with Crippen LogP contribution in [0.1, 0.15) is 23.2 Å². The van der Waals surface area contributed by atoms with E-state index in [0.29, 0.717) is 29.1 Å². The van der Waals surface area contributed by atoms with Crippen LogP contribution in [0.15, 0.2) is 41.3 Å². The minimum absolute atomic E-state index is 0.131. The van der Waals surface area contributed by atoms with Crippen LogP contribution in [0.5, 0.6) is 0 Å². The normalized spacial score (nSPS) is 12.6. The fraction of sp³-hybridized carbons (Fsp3) is 0.211. The summed E-state index contributed by atoms with van der Waals surface area (Å²) < 4.78 is 119. The number of aryl methyl sites for hydroxylation is 1. The first-order valence-corrected chi connectivity index (χ1v) is 10.3. The highest BCUT2D eigenvalue weighted by Crippen LogP contribution is 2.35. The number of rotatable bonds is 4. The van der Waals surface area contributed by atoms with Crippen molar-refractivity contribution in [3.05, 3.63) is 64.9 Å². The quantitative estimate of drug-likeness (QED) is 0.478. The molecule has 12 heteroatoms. The Balaban J connectivity index is 2.28. The first-order chi connectivity index (χ1) is 14.2. The lowest BCUT2D eigenvalue weighted by Gasteiger charge is -2.14. The Morgan fingerprint density at radius 3 is 2.06 bits per heavy atom. The zero-order valence-electron chi connectivity index (χ0n) is 15.8. The summed E-state index contributed by atoms with van der Waals surface area (Å²) >= 11 is 0. The number of hydrogen-bond donors (Lipinski definition) is 0. The van der Waals surface area contributed by atoms with Gasteiger partial charge in [0.1, 0.15) is 22.2 Å². The van der Waals surface area contributed by atoms with E-state index in [1.165, 1.54) is 13.0 Å². The van der Waals surface area contributed by atoms with Gasteiger partial charge in [0.15, 0.2) is 9.84 Å². The molecule has 0 amide bonds. The molecule has 3 rings (SSSR count). The SMILES string of the molecule is Cc1ccc(-n2nc(C(F)F)cc2-c2cc(F)c(S(C)(=O)=O)c(F)c2)cc1C(F)(F)F. The van der Waals surface area contributed by atoms with Crippen molar-refractivity contribution in [2.45, 2.75) is 24.4 Å². The second kappa shape index (κ2) is 7.66. The van der Waals surface area contributed by atoms with E-state index < -0.39 is 55.8 Å². The van der Waals surface area contributed by atoms with Crippen LogP contribution in [0.2, 0.25) is 0 Å². The summed E-state index contributed by atoms with van der Waals surface area (Å²) in [5, 5.41) is 3.58. The predicted octanol–water partition coefficient (Wildman–Crippen LogP) is 5.49. The number of benzene rings is 2. The van der Waals surface area contributed by atoms with Crippen LogP contribution in [0.25, 0.3) is 16.9 Å². The van der Waals surface area contributed by atoms with Crippen LogP contribution in [0, 0.1) is 18.6 Å². The van der Waals surface area contributed by atoms with Gasteiger partial charge in [-0.25, -0.2) is 30.7 Å². The van der Waals surface area contributed by atoms with Gasteiger partial charge in [0, 0.05) is 11.8 Å². The molecule has 4 nitrogen and oxygen atoms in total. The molecule has 0 saturated carbocycles. The predicted molar refractivity (Wildman–Crippen MR) is 96.7 cm³/mol. The first-order valence-electron chi connectivity index (χ1n) is 8.46. The monoisotopic (exact) mass is 466 g/mol. The van der Waals surface area contributed by atoms with E-state index in [4.69, 9.17) is 0 Å². The molecule has 0 radical (unpaired) electrons. The lowest BCUT2D eigenvalue weighted by molar-refractivity contribution is -0.138. The first kappa shape index (κ1) is 22.8. The molecule has 0 fully saturated rings. The number of sulfone groups is 1. The van der Waals surface area contributed by atoms with Crippen LogP contribution < -0.4 is 0 Å². The Hall–Kier alpha value is -2.89. The van der Waals surface area contributed by atoms with E-state index >= 15 is 0 Å². The minimum atomic E-state index is -4.74. The molecule has 0 atom stereocenters. The third-order valence-corrected chi connectivity index (χ3v) is 5.52. The third kappa shape index (κ3) is 4.43. The molecular weight excluding hydrogens is 453 g/mol. The van der Waals surface area contributed by atoms with Crippen molar-refractivity contribution in [1.82, 2.24) is 9.78 Å². The van der Waals surface area contributed by atoms with Gasteiger partial charge in [0.2, 0.25) is 0 Å². The van der Waals surface area contributed by atoms with Crippen LogP contribution >= 0.6 is 0 Å². The molecule has 0 bridgehead atoms. The van der Waals surface area contributed by atoms with E-state index in [9.17, 15) is 39.2 Å². The van der Waals surface area contributed by atoms with Gasteiger partial charge in [-0.1, -0.05) is 6.07 Å². The van der Waals surface area contributed by atoms with Gasteiger partial charge in [-0.3, -0.25) is 0 Å². The summed E-state index contributed by atoms with van der Waals surface area (Å²) in [6.07, 6.45) is -7.29. The lowest BCUT2D eigenvalue weighted by atomic mass is 10.1. The van der Waals surface area contributed by atoms with Gasteiger partial charge in [-0.05, 0) is 42.8 Å². The summed E-state index contributed by atoms with van der Waals surface area (Å²) in [5.41, 5.74) is -3.06. The smallest absolute Gasteiger partial charge is 0.233 e. The molecule has 166 valence electrons. The van der Waals surface area contributed by atoms with Gasteiger partial charge in [-0.2, -0.15) is 18.3 Å². The maximum absolute atomic E-state index is 14.3. The summed E-state index contributed by atoms with van der Waals surface area (Å²) in [7, 11) is -4.28. The van der Waals surface area contributed by atoms with Crippen LogP contribution in [-0.4, -0.2) is 24.5 Å². The minimum Gasteiger partial charge on any atom is -0.233 e. The molecule has 0 aliphatic heterocycles. The van der Waals surface area contributed by atoms with Gasteiger partial charge in [0.25, 0.3) is 6.43 Å². The number of alkyl halides is 5. The van der Waals surface area contributed by atoms with E-state index in [1.54, 1.807) is 0 Å². The summed E-state index contributed by atoms with van der Waals surface area (Å²) in [4.78, 5) is -1.22. The van der Waals surface area contributed by atoms with Gasteiger partial charge >= 0.3 is 6.18 Å². The average Bonchev–Trinajstić information content (AvgIpc) is 3.05. The zero-order valence-corrected chi connectivity index (χ0v) is 16.6. The van der Waals surface area contributed by atoms with Crippen LogP contribution in [0.3, 0.4) is 0 Å². The average molecular weight is 466 g/mol. The standard InChI is InChI=1S/C19H13F7N2O2S/c1-9-3-4-11(7-12(9)19(24,25)26)28-16(8-15(27-28)18(22)23)10-5-13(20)17(14(21)6-10)31(2,29)30/h3-8,18H,1-2H3. The second-order valence-corrected chi connectivity index (χ2v) is 8.66. The van der Waals surface area contributed by atoms with Crippen molar-refractivity contribution in [3.8, 4) is 16.9 Å². The second-order valence-electron chi connectivity index (χ2n) is 6.71. The lowest BCUT2D eigenvalue weighted by Crippen LogP contribution is -2.10. The van der Waals surface area contributed by atoms with Crippen molar-refractivity contribution in [1.29, 1.82) is 0 Å². The molecule has 0 N–H and O–H groups in total. The van der Waals surface area contributed by atoms with Crippen molar-refractivity contribution in [2.75, 3.05) is 6.26 Å². The molecule has 1 aromatic heterocycles. The maximum atomic E-state index is 14.3. The van der Waals surface area contributed by atoms with Crippen molar-refractivity contribution in [3.63, 3.8) is 0 Å². The van der Waals surface area contributed by atoms with Crippen molar-refractivity contribution < 1.29 is 39.2 Å². The van der Waals surface area contributed by atoms with Gasteiger partial charge in [-0.15, -0.1) is 0 Å². The number of aromatic nitrogens is 2. The molecule has 0 aliphatic carbocycles. The maximum Gasteiger partial charge on any atom is 0.416 e. The molecule has 0 aliphatic rings. The van der Waals surface area contributed by atoms with E-state index in [2.05, 4.69) is 5.10 Å². The highest BCUT2D eigenvalue weighted by atomic mass is 32.2. The molecule has 3 aromatic rings. The highest BCUT2D eigenvalue weighted by Gasteiger charge is 2.33. The van der Waals surface area contributed by atoms with Crippen molar-refractivity contribution >= 4 is 9.84 Å². The van der Waals surface area contributed by atoms with E-state index in [1.807, 2.05) is 0 Å². The van der Waals surface area contributed by atoms with E-state index in [-0.39, 0.29) is 16.9 Å². The summed E-state index contributed by atoms with van der Waals surface area (Å²) in [6, 6.07) is 4.86. The topological polar surface area (TPSA) is 52.0 Å². The van der Waals surface area contributed by atoms with Crippen LogP contribution in [-0.2, 0) is 16.0 Å². The largest absolute Gasteiger partial charge is 0.416 e. The third-order valence-electron chi connectivity index (χ3n) is 4.39. The molecule has 1 heterocycles. The molecule has 0 saturated heterocycles. The molecular formula is C19H13F7N2O2S. The summed E-state index contributed by atoms with van der Waals surface area (Å²) in [5.74, 6) is -2.97. The zero-order chi connectivity index (χ0) is 23.3. The summed E-state index contributed by atoms with van der Waals surface area (Å²) in [6.45, 7) is 1.20. The Bertz CT molecular complexity index is 1240. The highest BCUT2D eigenvalue weighted by molar-refractivity contribution is 7.90. The fourth-order valence-electron chi connectivity index (χ4n) is 3.02. The Kier molecular flexibility index (Phi) is 5.63. The molecule has 31 heavy (non-hydrogen) atoms. The Morgan fingerprint density at radius 2 is 1.58 bits per heavy atom. The molecule has 0 spiro atoms. The Morgan fingerprint density at radius 1 is 1.00 bits per heavy atom. The van der Waals surface area contributed by atoms with Gasteiger partial charge < -0.3 is 0 Å². The number of nitrogens with zero attached hydrogens (tertiary/aromatic N) is 2. The molecule has 2 aromatic carbocycles. The fourth-order valence-corrected chi connectivity index (χ4v) is 3.84. The number of hydrogen-bond acceptors (Lipinski definition) is 3. The number of halogens is 7. The van der Waals surface area contributed by atoms with Crippen LogP contribution in [0.4, 0.5) is 30.7 Å². The Labute approximate surface area is 171 Å².